The first-order chi connectivity index (χ1) is 16.6. The second-order valence-electron chi connectivity index (χ2n) is 9.21. The molecule has 34 heavy (non-hydrogen) atoms. The number of nitrogens with zero attached hydrogens (tertiary/aromatic N) is 5. The predicted octanol–water partition coefficient (Wildman–Crippen LogP) is 5.19. The number of benzene rings is 1. The van der Waals surface area contributed by atoms with E-state index in [0.717, 1.165) is 47.4 Å². The minimum Gasteiger partial charge on any atom is -0.454 e. The number of hydrogen-bond acceptors (Lipinski definition) is 7. The lowest BCUT2D eigenvalue weighted by molar-refractivity contribution is 0.0979. The van der Waals surface area contributed by atoms with Crippen molar-refractivity contribution < 1.29 is 9.47 Å². The van der Waals surface area contributed by atoms with Gasteiger partial charge in [0.2, 0.25) is 6.79 Å². The van der Waals surface area contributed by atoms with Gasteiger partial charge in [-0.05, 0) is 59.9 Å². The summed E-state index contributed by atoms with van der Waals surface area (Å²) in [5, 5.41) is 16.7. The largest absolute Gasteiger partial charge is 0.454 e. The summed E-state index contributed by atoms with van der Waals surface area (Å²) in [6.45, 7) is 10.5. The van der Waals surface area contributed by atoms with Crippen molar-refractivity contribution in [1.29, 1.82) is 0 Å². The SMILES string of the molecule is C=C(/C=C1/OCOC1=C)CC(C)C(Nc1ccc2nc[nH]c2c1)c1nnnn1C1CCCCC1. The van der Waals surface area contributed by atoms with Crippen molar-refractivity contribution in [2.75, 3.05) is 12.1 Å². The van der Waals surface area contributed by atoms with E-state index in [1.807, 2.05) is 22.9 Å². The number of imidazole rings is 1. The number of rotatable bonds is 8. The van der Waals surface area contributed by atoms with Gasteiger partial charge in [0.05, 0.1) is 29.4 Å². The van der Waals surface area contributed by atoms with E-state index in [9.17, 15) is 0 Å². The molecule has 9 nitrogen and oxygen atoms in total. The molecule has 1 saturated heterocycles. The quantitative estimate of drug-likeness (QED) is 0.476. The van der Waals surface area contributed by atoms with Gasteiger partial charge in [-0.25, -0.2) is 9.67 Å². The molecule has 0 amide bonds. The summed E-state index contributed by atoms with van der Waals surface area (Å²) in [6, 6.07) is 6.34. The minimum atomic E-state index is -0.114. The van der Waals surface area contributed by atoms with Gasteiger partial charge in [-0.3, -0.25) is 0 Å². The van der Waals surface area contributed by atoms with E-state index in [2.05, 4.69) is 57.0 Å². The van der Waals surface area contributed by atoms with Gasteiger partial charge in [-0.15, -0.1) is 5.10 Å². The van der Waals surface area contributed by atoms with Gasteiger partial charge < -0.3 is 19.8 Å². The van der Waals surface area contributed by atoms with Crippen LogP contribution in [0.5, 0.6) is 0 Å². The minimum absolute atomic E-state index is 0.114. The summed E-state index contributed by atoms with van der Waals surface area (Å²) in [6.07, 6.45) is 10.3. The number of fused-ring (bicyclic) bond motifs is 1. The molecular weight excluding hydrogens is 430 g/mol. The number of aromatic amines is 1. The summed E-state index contributed by atoms with van der Waals surface area (Å²) in [5.41, 5.74) is 3.83. The molecule has 1 aliphatic carbocycles. The van der Waals surface area contributed by atoms with E-state index in [4.69, 9.17) is 9.47 Å². The Morgan fingerprint density at radius 2 is 2.15 bits per heavy atom. The molecule has 3 heterocycles. The zero-order chi connectivity index (χ0) is 23.5. The molecule has 1 aliphatic heterocycles. The van der Waals surface area contributed by atoms with Crippen LogP contribution in [0, 0.1) is 5.92 Å². The first kappa shape index (κ1) is 22.2. The van der Waals surface area contributed by atoms with Crippen LogP contribution in [0.15, 0.2) is 60.9 Å². The Morgan fingerprint density at radius 1 is 1.29 bits per heavy atom. The highest BCUT2D eigenvalue weighted by molar-refractivity contribution is 5.78. The third-order valence-corrected chi connectivity index (χ3v) is 6.67. The number of tetrazole rings is 1. The molecule has 2 unspecified atom stereocenters. The number of anilines is 1. The lowest BCUT2D eigenvalue weighted by Crippen LogP contribution is -2.26. The summed E-state index contributed by atoms with van der Waals surface area (Å²) in [4.78, 5) is 7.51. The fourth-order valence-corrected chi connectivity index (χ4v) is 4.87. The first-order valence-corrected chi connectivity index (χ1v) is 11.9. The summed E-state index contributed by atoms with van der Waals surface area (Å²) < 4.78 is 12.8. The number of H-pyrrole nitrogens is 1. The molecule has 0 spiro atoms. The van der Waals surface area contributed by atoms with Crippen LogP contribution >= 0.6 is 0 Å². The van der Waals surface area contributed by atoms with Crippen LogP contribution in [0.1, 0.15) is 63.4 Å². The van der Waals surface area contributed by atoms with E-state index in [1.165, 1.54) is 19.3 Å². The molecule has 2 fully saturated rings. The number of aromatic nitrogens is 6. The van der Waals surface area contributed by atoms with Gasteiger partial charge in [0.1, 0.15) is 0 Å². The van der Waals surface area contributed by atoms with Gasteiger partial charge in [0.25, 0.3) is 0 Å². The summed E-state index contributed by atoms with van der Waals surface area (Å²) in [5.74, 6) is 2.18. The summed E-state index contributed by atoms with van der Waals surface area (Å²) >= 11 is 0. The maximum absolute atomic E-state index is 5.49. The Kier molecular flexibility index (Phi) is 6.33. The van der Waals surface area contributed by atoms with Crippen molar-refractivity contribution in [3.63, 3.8) is 0 Å². The monoisotopic (exact) mass is 461 g/mol. The average molecular weight is 462 g/mol. The molecule has 1 aromatic carbocycles. The second-order valence-corrected chi connectivity index (χ2v) is 9.21. The van der Waals surface area contributed by atoms with Crippen LogP contribution < -0.4 is 5.32 Å². The molecule has 0 bridgehead atoms. The molecule has 0 radical (unpaired) electrons. The first-order valence-electron chi connectivity index (χ1n) is 11.9. The topological polar surface area (TPSA) is 103 Å². The Morgan fingerprint density at radius 3 is 2.94 bits per heavy atom. The van der Waals surface area contributed by atoms with E-state index in [-0.39, 0.29) is 18.8 Å². The lowest BCUT2D eigenvalue weighted by atomic mass is 9.91. The molecular formula is C25H31N7O2. The lowest BCUT2D eigenvalue weighted by Gasteiger charge is -2.29. The van der Waals surface area contributed by atoms with E-state index >= 15 is 0 Å². The molecule has 9 heteroatoms. The van der Waals surface area contributed by atoms with Crippen LogP contribution in [0.25, 0.3) is 11.0 Å². The van der Waals surface area contributed by atoms with Crippen LogP contribution in [0.3, 0.4) is 0 Å². The van der Waals surface area contributed by atoms with E-state index < -0.39 is 0 Å². The number of nitrogens with one attached hydrogen (secondary N) is 2. The smallest absolute Gasteiger partial charge is 0.231 e. The third-order valence-electron chi connectivity index (χ3n) is 6.67. The van der Waals surface area contributed by atoms with Crippen LogP contribution in [-0.2, 0) is 9.47 Å². The molecule has 3 aromatic rings. The molecule has 2 aromatic heterocycles. The standard InChI is InChI=1S/C25H31N7O2/c1-16(12-23-18(3)33-15-34-23)11-17(2)24(28-19-9-10-21-22(13-19)27-14-26-21)25-29-30-31-32(25)20-7-5-4-6-8-20/h9-10,12-14,17,20,24,28H,1,3-8,11,15H2,2H3,(H,26,27)/b23-12+. The fourth-order valence-electron chi connectivity index (χ4n) is 4.87. The highest BCUT2D eigenvalue weighted by Crippen LogP contribution is 2.35. The number of ether oxygens (including phenoxy) is 2. The Balaban J connectivity index is 1.42. The Labute approximate surface area is 198 Å². The average Bonchev–Trinajstić information content (AvgIpc) is 3.59. The van der Waals surface area contributed by atoms with E-state index in [1.54, 1.807) is 6.33 Å². The van der Waals surface area contributed by atoms with E-state index in [0.29, 0.717) is 17.6 Å². The zero-order valence-corrected chi connectivity index (χ0v) is 19.5. The van der Waals surface area contributed by atoms with Crippen molar-refractivity contribution in [2.24, 2.45) is 5.92 Å². The maximum atomic E-state index is 5.49. The Hall–Kier alpha value is -3.62. The van der Waals surface area contributed by atoms with Gasteiger partial charge in [0.15, 0.2) is 17.3 Å². The number of allylic oxidation sites excluding steroid dienone is 2. The normalized spacial score (nSPS) is 19.7. The van der Waals surface area contributed by atoms with Crippen molar-refractivity contribution in [2.45, 2.75) is 57.5 Å². The van der Waals surface area contributed by atoms with Gasteiger partial charge in [0, 0.05) is 5.69 Å². The highest BCUT2D eigenvalue weighted by atomic mass is 16.7. The molecule has 5 rings (SSSR count). The highest BCUT2D eigenvalue weighted by Gasteiger charge is 2.29. The van der Waals surface area contributed by atoms with Crippen molar-refractivity contribution >= 4 is 16.7 Å². The molecule has 2 atom stereocenters. The molecule has 1 saturated carbocycles. The Bertz CT molecular complexity index is 1200. The maximum Gasteiger partial charge on any atom is 0.231 e. The number of hydrogen-bond donors (Lipinski definition) is 2. The van der Waals surface area contributed by atoms with Crippen molar-refractivity contribution in [3.8, 4) is 0 Å². The molecule has 2 aliphatic rings. The van der Waals surface area contributed by atoms with Gasteiger partial charge in [-0.2, -0.15) is 0 Å². The predicted molar refractivity (Wildman–Crippen MR) is 130 cm³/mol. The molecule has 2 N–H and O–H groups in total. The van der Waals surface area contributed by atoms with Crippen LogP contribution in [-0.4, -0.2) is 37.0 Å². The summed E-state index contributed by atoms with van der Waals surface area (Å²) in [7, 11) is 0. The fraction of sp³-hybridized carbons (Fsp3) is 0.440. The third kappa shape index (κ3) is 4.69. The second kappa shape index (κ2) is 9.70. The van der Waals surface area contributed by atoms with Crippen molar-refractivity contribution in [1.82, 2.24) is 30.2 Å². The van der Waals surface area contributed by atoms with Crippen LogP contribution in [0.2, 0.25) is 0 Å². The zero-order valence-electron chi connectivity index (χ0n) is 19.5. The van der Waals surface area contributed by atoms with Gasteiger partial charge in [-0.1, -0.05) is 44.9 Å². The molecule has 178 valence electrons. The van der Waals surface area contributed by atoms with Gasteiger partial charge >= 0.3 is 0 Å². The van der Waals surface area contributed by atoms with Crippen molar-refractivity contribution in [3.05, 3.63) is 66.7 Å². The van der Waals surface area contributed by atoms with Crippen LogP contribution in [0.4, 0.5) is 5.69 Å².